The normalized spacial score (nSPS) is 20.5. The van der Waals surface area contributed by atoms with E-state index in [0.717, 1.165) is 25.3 Å². The molecule has 1 aliphatic heterocycles. The zero-order valence-corrected chi connectivity index (χ0v) is 11.1. The maximum absolute atomic E-state index is 5.54. The molecular formula is C13H22N4O. The molecule has 5 nitrogen and oxygen atoms in total. The van der Waals surface area contributed by atoms with Crippen LogP contribution in [-0.2, 0) is 0 Å². The standard InChI is InChI=1S/C13H22N4O/c1-10(2)18-13-9-15-8-12(17-13)16-11-4-3-6-14-7-5-11/h8-11,14H,3-7H2,1-2H3,(H,16,17). The zero-order chi connectivity index (χ0) is 12.8. The Morgan fingerprint density at radius 3 is 3.06 bits per heavy atom. The van der Waals surface area contributed by atoms with Crippen LogP contribution in [0.2, 0.25) is 0 Å². The van der Waals surface area contributed by atoms with Crippen LogP contribution in [0.1, 0.15) is 33.1 Å². The molecule has 0 aliphatic carbocycles. The number of hydrogen-bond donors (Lipinski definition) is 2. The minimum absolute atomic E-state index is 0.122. The SMILES string of the molecule is CC(C)Oc1cncc(NC2CCCNCC2)n1. The average Bonchev–Trinajstić information content (AvgIpc) is 2.57. The molecule has 0 bridgehead atoms. The Hall–Kier alpha value is -1.36. The van der Waals surface area contributed by atoms with Crippen molar-refractivity contribution in [1.29, 1.82) is 0 Å². The second kappa shape index (κ2) is 6.54. The number of rotatable bonds is 4. The molecule has 2 N–H and O–H groups in total. The van der Waals surface area contributed by atoms with Gasteiger partial charge in [-0.05, 0) is 46.2 Å². The summed E-state index contributed by atoms with van der Waals surface area (Å²) in [7, 11) is 0. The maximum atomic E-state index is 5.54. The molecular weight excluding hydrogens is 228 g/mol. The highest BCUT2D eigenvalue weighted by molar-refractivity contribution is 5.34. The van der Waals surface area contributed by atoms with E-state index in [9.17, 15) is 0 Å². The number of hydrogen-bond acceptors (Lipinski definition) is 5. The summed E-state index contributed by atoms with van der Waals surface area (Å²) in [6.07, 6.45) is 7.02. The first-order chi connectivity index (χ1) is 8.74. The number of aromatic nitrogens is 2. The summed E-state index contributed by atoms with van der Waals surface area (Å²) in [6, 6.07) is 0.476. The molecule has 100 valence electrons. The Labute approximate surface area is 108 Å². The second-order valence-corrected chi connectivity index (χ2v) is 4.93. The van der Waals surface area contributed by atoms with E-state index in [1.807, 2.05) is 13.8 Å². The highest BCUT2D eigenvalue weighted by Crippen LogP contribution is 2.15. The van der Waals surface area contributed by atoms with Gasteiger partial charge in [0, 0.05) is 6.04 Å². The largest absolute Gasteiger partial charge is 0.474 e. The first-order valence-corrected chi connectivity index (χ1v) is 6.70. The van der Waals surface area contributed by atoms with Gasteiger partial charge in [0.1, 0.15) is 5.82 Å². The van der Waals surface area contributed by atoms with Crippen molar-refractivity contribution in [3.8, 4) is 5.88 Å². The molecule has 0 radical (unpaired) electrons. The summed E-state index contributed by atoms with van der Waals surface area (Å²) in [6.45, 7) is 6.14. The molecule has 0 amide bonds. The van der Waals surface area contributed by atoms with Crippen LogP contribution in [0.5, 0.6) is 5.88 Å². The van der Waals surface area contributed by atoms with E-state index in [2.05, 4.69) is 20.6 Å². The molecule has 1 aliphatic rings. The molecule has 1 unspecified atom stereocenters. The molecule has 0 saturated carbocycles. The van der Waals surface area contributed by atoms with Crippen LogP contribution in [0.25, 0.3) is 0 Å². The van der Waals surface area contributed by atoms with Crippen LogP contribution >= 0.6 is 0 Å². The van der Waals surface area contributed by atoms with Gasteiger partial charge in [-0.15, -0.1) is 0 Å². The quantitative estimate of drug-likeness (QED) is 0.853. The molecule has 0 aromatic carbocycles. The van der Waals surface area contributed by atoms with Gasteiger partial charge in [0.15, 0.2) is 0 Å². The number of nitrogens with zero attached hydrogens (tertiary/aromatic N) is 2. The molecule has 1 atom stereocenters. The van der Waals surface area contributed by atoms with Crippen molar-refractivity contribution in [2.75, 3.05) is 18.4 Å². The Morgan fingerprint density at radius 1 is 1.33 bits per heavy atom. The van der Waals surface area contributed by atoms with Crippen LogP contribution in [0.15, 0.2) is 12.4 Å². The van der Waals surface area contributed by atoms with Gasteiger partial charge in [0.25, 0.3) is 0 Å². The average molecular weight is 250 g/mol. The number of anilines is 1. The molecule has 2 rings (SSSR count). The van der Waals surface area contributed by atoms with Crippen molar-refractivity contribution in [2.45, 2.75) is 45.3 Å². The van der Waals surface area contributed by atoms with E-state index in [0.29, 0.717) is 11.9 Å². The van der Waals surface area contributed by atoms with Crippen molar-refractivity contribution in [3.63, 3.8) is 0 Å². The van der Waals surface area contributed by atoms with Gasteiger partial charge in [-0.25, -0.2) is 0 Å². The molecule has 1 aromatic heterocycles. The van der Waals surface area contributed by atoms with Crippen LogP contribution in [-0.4, -0.2) is 35.2 Å². The van der Waals surface area contributed by atoms with Crippen molar-refractivity contribution >= 4 is 5.82 Å². The van der Waals surface area contributed by atoms with Crippen LogP contribution in [0.3, 0.4) is 0 Å². The molecule has 1 saturated heterocycles. The third kappa shape index (κ3) is 4.14. The summed E-state index contributed by atoms with van der Waals surface area (Å²) < 4.78 is 5.54. The Kier molecular flexibility index (Phi) is 4.75. The smallest absolute Gasteiger partial charge is 0.234 e. The first-order valence-electron chi connectivity index (χ1n) is 6.70. The minimum Gasteiger partial charge on any atom is -0.474 e. The van der Waals surface area contributed by atoms with Gasteiger partial charge >= 0.3 is 0 Å². The monoisotopic (exact) mass is 250 g/mol. The van der Waals surface area contributed by atoms with Crippen LogP contribution < -0.4 is 15.4 Å². The Morgan fingerprint density at radius 2 is 2.22 bits per heavy atom. The first kappa shape index (κ1) is 13.1. The topological polar surface area (TPSA) is 59.1 Å². The molecule has 5 heteroatoms. The Bertz CT molecular complexity index is 362. The van der Waals surface area contributed by atoms with Gasteiger partial charge in [-0.1, -0.05) is 0 Å². The predicted molar refractivity (Wildman–Crippen MR) is 71.9 cm³/mol. The summed E-state index contributed by atoms with van der Waals surface area (Å²) in [5, 5.41) is 6.84. The lowest BCUT2D eigenvalue weighted by Gasteiger charge is -2.17. The summed E-state index contributed by atoms with van der Waals surface area (Å²) in [5.74, 6) is 1.39. The van der Waals surface area contributed by atoms with Crippen LogP contribution in [0.4, 0.5) is 5.82 Å². The molecule has 18 heavy (non-hydrogen) atoms. The van der Waals surface area contributed by atoms with E-state index in [4.69, 9.17) is 4.74 Å². The van der Waals surface area contributed by atoms with Gasteiger partial charge in [-0.3, -0.25) is 4.98 Å². The summed E-state index contributed by atoms with van der Waals surface area (Å²) in [5.41, 5.74) is 0. The van der Waals surface area contributed by atoms with Crippen molar-refractivity contribution in [1.82, 2.24) is 15.3 Å². The fourth-order valence-electron chi connectivity index (χ4n) is 2.09. The lowest BCUT2D eigenvalue weighted by Crippen LogP contribution is -2.22. The van der Waals surface area contributed by atoms with E-state index >= 15 is 0 Å². The molecule has 1 fully saturated rings. The zero-order valence-electron chi connectivity index (χ0n) is 11.1. The van der Waals surface area contributed by atoms with Gasteiger partial charge in [0.05, 0.1) is 18.5 Å². The molecule has 1 aromatic rings. The highest BCUT2D eigenvalue weighted by atomic mass is 16.5. The van der Waals surface area contributed by atoms with Gasteiger partial charge in [-0.2, -0.15) is 4.98 Å². The highest BCUT2D eigenvalue weighted by Gasteiger charge is 2.12. The van der Waals surface area contributed by atoms with Crippen LogP contribution in [0, 0.1) is 0 Å². The minimum atomic E-state index is 0.122. The number of ether oxygens (including phenoxy) is 1. The second-order valence-electron chi connectivity index (χ2n) is 4.93. The maximum Gasteiger partial charge on any atom is 0.234 e. The van der Waals surface area contributed by atoms with Crippen molar-refractivity contribution < 1.29 is 4.74 Å². The third-order valence-electron chi connectivity index (χ3n) is 2.90. The lowest BCUT2D eigenvalue weighted by atomic mass is 10.1. The van der Waals surface area contributed by atoms with E-state index < -0.39 is 0 Å². The van der Waals surface area contributed by atoms with Crippen molar-refractivity contribution in [3.05, 3.63) is 12.4 Å². The predicted octanol–water partition coefficient (Wildman–Crippen LogP) is 1.82. The lowest BCUT2D eigenvalue weighted by molar-refractivity contribution is 0.232. The van der Waals surface area contributed by atoms with E-state index in [1.165, 1.54) is 12.8 Å². The van der Waals surface area contributed by atoms with Gasteiger partial charge < -0.3 is 15.4 Å². The fourth-order valence-corrected chi connectivity index (χ4v) is 2.09. The Balaban J connectivity index is 1.95. The number of nitrogens with one attached hydrogen (secondary N) is 2. The van der Waals surface area contributed by atoms with E-state index in [1.54, 1.807) is 12.4 Å². The molecule has 2 heterocycles. The summed E-state index contributed by atoms with van der Waals surface area (Å²) in [4.78, 5) is 8.58. The molecule has 0 spiro atoms. The summed E-state index contributed by atoms with van der Waals surface area (Å²) >= 11 is 0. The van der Waals surface area contributed by atoms with Crippen molar-refractivity contribution in [2.24, 2.45) is 0 Å². The fraction of sp³-hybridized carbons (Fsp3) is 0.692. The third-order valence-corrected chi connectivity index (χ3v) is 2.90. The van der Waals surface area contributed by atoms with Gasteiger partial charge in [0.2, 0.25) is 5.88 Å². The van der Waals surface area contributed by atoms with E-state index in [-0.39, 0.29) is 6.10 Å².